The third-order valence-electron chi connectivity index (χ3n) is 3.62. The van der Waals surface area contributed by atoms with Gasteiger partial charge >= 0.3 is 6.03 Å². The van der Waals surface area contributed by atoms with Crippen LogP contribution in [0.2, 0.25) is 0 Å². The van der Waals surface area contributed by atoms with Crippen LogP contribution in [0.25, 0.3) is 10.9 Å². The summed E-state index contributed by atoms with van der Waals surface area (Å²) in [4.78, 5) is 23.4. The number of thioether (sulfide) groups is 1. The Kier molecular flexibility index (Phi) is 5.92. The fourth-order valence-corrected chi connectivity index (χ4v) is 2.93. The number of benzene rings is 1. The maximum absolute atomic E-state index is 12.4. The van der Waals surface area contributed by atoms with Crippen molar-refractivity contribution in [2.45, 2.75) is 25.9 Å². The highest BCUT2D eigenvalue weighted by Gasteiger charge is 2.19. The molecular formula is C16H22N4O2S. The molecule has 0 saturated heterocycles. The lowest BCUT2D eigenvalue weighted by molar-refractivity contribution is -0.117. The normalized spacial score (nSPS) is 12.1. The van der Waals surface area contributed by atoms with E-state index < -0.39 is 12.1 Å². The lowest BCUT2D eigenvalue weighted by Gasteiger charge is -2.17. The van der Waals surface area contributed by atoms with Crippen molar-refractivity contribution < 1.29 is 9.59 Å². The number of hydrogen-bond donors (Lipinski definition) is 3. The van der Waals surface area contributed by atoms with Gasteiger partial charge in [-0.15, -0.1) is 0 Å². The van der Waals surface area contributed by atoms with Crippen LogP contribution in [0.15, 0.2) is 30.5 Å². The van der Waals surface area contributed by atoms with Crippen LogP contribution in [0, 0.1) is 0 Å². The summed E-state index contributed by atoms with van der Waals surface area (Å²) in [6.07, 6.45) is 4.50. The SMILES string of the molecule is CCn1ccc2cc(NC(=O)C(CCSC)NC(N)=O)ccc21. The molecule has 0 saturated carbocycles. The molecule has 0 radical (unpaired) electrons. The highest BCUT2D eigenvalue weighted by atomic mass is 32.2. The Bertz CT molecular complexity index is 698. The third kappa shape index (κ3) is 4.41. The molecule has 23 heavy (non-hydrogen) atoms. The molecule has 0 aliphatic heterocycles. The van der Waals surface area contributed by atoms with Crippen LogP contribution >= 0.6 is 11.8 Å². The van der Waals surface area contributed by atoms with Crippen molar-refractivity contribution in [3.05, 3.63) is 30.5 Å². The monoisotopic (exact) mass is 334 g/mol. The van der Waals surface area contributed by atoms with Gasteiger partial charge in [0, 0.05) is 29.3 Å². The number of urea groups is 1. The molecule has 1 atom stereocenters. The summed E-state index contributed by atoms with van der Waals surface area (Å²) in [6.45, 7) is 2.98. The smallest absolute Gasteiger partial charge is 0.312 e. The first-order valence-corrected chi connectivity index (χ1v) is 8.89. The second-order valence-electron chi connectivity index (χ2n) is 5.21. The summed E-state index contributed by atoms with van der Waals surface area (Å²) in [5, 5.41) is 6.41. The van der Waals surface area contributed by atoms with Crippen molar-refractivity contribution in [1.29, 1.82) is 0 Å². The van der Waals surface area contributed by atoms with Gasteiger partial charge in [-0.25, -0.2) is 4.79 Å². The molecule has 1 unspecified atom stereocenters. The van der Waals surface area contributed by atoms with Crippen LogP contribution in [0.5, 0.6) is 0 Å². The topological polar surface area (TPSA) is 89.2 Å². The Morgan fingerprint density at radius 3 is 2.78 bits per heavy atom. The summed E-state index contributed by atoms with van der Waals surface area (Å²) in [5.74, 6) is 0.503. The molecular weight excluding hydrogens is 312 g/mol. The zero-order chi connectivity index (χ0) is 16.8. The number of aromatic nitrogens is 1. The number of fused-ring (bicyclic) bond motifs is 1. The van der Waals surface area contributed by atoms with Crippen LogP contribution < -0.4 is 16.4 Å². The zero-order valence-electron chi connectivity index (χ0n) is 13.3. The van der Waals surface area contributed by atoms with Gasteiger partial charge in [0.25, 0.3) is 0 Å². The first kappa shape index (κ1) is 17.2. The number of carbonyl (C=O) groups is 2. The van der Waals surface area contributed by atoms with Crippen LogP contribution in [0.1, 0.15) is 13.3 Å². The zero-order valence-corrected chi connectivity index (χ0v) is 14.2. The average molecular weight is 334 g/mol. The Hall–Kier alpha value is -2.15. The van der Waals surface area contributed by atoms with Gasteiger partial charge < -0.3 is 20.9 Å². The predicted octanol–water partition coefficient (Wildman–Crippen LogP) is 2.39. The average Bonchev–Trinajstić information content (AvgIpc) is 2.93. The number of nitrogens with two attached hydrogens (primary N) is 1. The molecule has 1 aromatic heterocycles. The molecule has 3 amide bonds. The number of carbonyl (C=O) groups excluding carboxylic acids is 2. The van der Waals surface area contributed by atoms with E-state index in [1.165, 1.54) is 0 Å². The van der Waals surface area contributed by atoms with Crippen LogP contribution in [-0.2, 0) is 11.3 Å². The maximum Gasteiger partial charge on any atom is 0.312 e. The standard InChI is InChI=1S/C16H22N4O2S/c1-3-20-8-6-11-10-12(4-5-14(11)20)18-15(21)13(7-9-23-2)19-16(17)22/h4-6,8,10,13H,3,7,9H2,1-2H3,(H,18,21)(H3,17,19,22). The van der Waals surface area contributed by atoms with E-state index in [1.54, 1.807) is 11.8 Å². The van der Waals surface area contributed by atoms with Crippen molar-refractivity contribution in [2.24, 2.45) is 5.73 Å². The van der Waals surface area contributed by atoms with E-state index in [-0.39, 0.29) is 5.91 Å². The van der Waals surface area contributed by atoms with Gasteiger partial charge in [0.15, 0.2) is 0 Å². The molecule has 4 N–H and O–H groups in total. The molecule has 6 nitrogen and oxygen atoms in total. The summed E-state index contributed by atoms with van der Waals surface area (Å²) in [7, 11) is 0. The number of anilines is 1. The van der Waals surface area contributed by atoms with Gasteiger partial charge in [-0.1, -0.05) is 0 Å². The minimum atomic E-state index is -0.693. The molecule has 124 valence electrons. The number of aryl methyl sites for hydroxylation is 1. The van der Waals surface area contributed by atoms with E-state index in [9.17, 15) is 9.59 Å². The second kappa shape index (κ2) is 7.92. The van der Waals surface area contributed by atoms with Gasteiger partial charge in [0.2, 0.25) is 5.91 Å². The number of amides is 3. The Balaban J connectivity index is 2.12. The first-order chi connectivity index (χ1) is 11.0. The van der Waals surface area contributed by atoms with E-state index in [1.807, 2.05) is 36.7 Å². The largest absolute Gasteiger partial charge is 0.352 e. The highest BCUT2D eigenvalue weighted by Crippen LogP contribution is 2.20. The van der Waals surface area contributed by atoms with Gasteiger partial charge in [0.1, 0.15) is 6.04 Å². The number of rotatable bonds is 7. The van der Waals surface area contributed by atoms with Gasteiger partial charge in [-0.3, -0.25) is 4.79 Å². The minimum Gasteiger partial charge on any atom is -0.352 e. The Labute approximate surface area is 139 Å². The van der Waals surface area contributed by atoms with E-state index in [4.69, 9.17) is 5.73 Å². The molecule has 0 fully saturated rings. The minimum absolute atomic E-state index is 0.257. The Morgan fingerprint density at radius 2 is 2.13 bits per heavy atom. The molecule has 0 aliphatic rings. The van der Waals surface area contributed by atoms with Crippen LogP contribution in [-0.4, -0.2) is 34.6 Å². The van der Waals surface area contributed by atoms with Crippen molar-refractivity contribution in [1.82, 2.24) is 9.88 Å². The van der Waals surface area contributed by atoms with E-state index in [0.29, 0.717) is 12.1 Å². The summed E-state index contributed by atoms with van der Waals surface area (Å²) in [5.41, 5.74) is 6.98. The quantitative estimate of drug-likeness (QED) is 0.726. The van der Waals surface area contributed by atoms with E-state index in [2.05, 4.69) is 22.1 Å². The molecule has 0 aliphatic carbocycles. The summed E-state index contributed by atoms with van der Waals surface area (Å²) < 4.78 is 2.14. The Morgan fingerprint density at radius 1 is 1.35 bits per heavy atom. The molecule has 7 heteroatoms. The van der Waals surface area contributed by atoms with Crippen molar-refractivity contribution >= 4 is 40.3 Å². The first-order valence-electron chi connectivity index (χ1n) is 7.49. The molecule has 0 spiro atoms. The predicted molar refractivity (Wildman–Crippen MR) is 95.7 cm³/mol. The summed E-state index contributed by atoms with van der Waals surface area (Å²) in [6, 6.07) is 6.46. The second-order valence-corrected chi connectivity index (χ2v) is 6.19. The number of nitrogens with zero attached hydrogens (tertiary/aromatic N) is 1. The van der Waals surface area contributed by atoms with Gasteiger partial charge in [0.05, 0.1) is 0 Å². The highest BCUT2D eigenvalue weighted by molar-refractivity contribution is 7.98. The lowest BCUT2D eigenvalue weighted by Crippen LogP contribution is -2.46. The van der Waals surface area contributed by atoms with E-state index >= 15 is 0 Å². The summed E-state index contributed by atoms with van der Waals surface area (Å²) >= 11 is 1.61. The lowest BCUT2D eigenvalue weighted by atomic mass is 10.2. The maximum atomic E-state index is 12.4. The fraction of sp³-hybridized carbons (Fsp3) is 0.375. The van der Waals surface area contributed by atoms with Crippen LogP contribution in [0.3, 0.4) is 0 Å². The van der Waals surface area contributed by atoms with Crippen molar-refractivity contribution in [2.75, 3.05) is 17.3 Å². The van der Waals surface area contributed by atoms with E-state index in [0.717, 1.165) is 23.2 Å². The molecule has 0 bridgehead atoms. The van der Waals surface area contributed by atoms with Crippen molar-refractivity contribution in [3.8, 4) is 0 Å². The number of primary amides is 1. The van der Waals surface area contributed by atoms with Crippen molar-refractivity contribution in [3.63, 3.8) is 0 Å². The number of hydrogen-bond acceptors (Lipinski definition) is 3. The molecule has 1 heterocycles. The molecule has 2 rings (SSSR count). The number of nitrogens with one attached hydrogen (secondary N) is 2. The van der Waals surface area contributed by atoms with Gasteiger partial charge in [-0.05, 0) is 49.6 Å². The molecule has 2 aromatic rings. The molecule has 1 aromatic carbocycles. The fourth-order valence-electron chi connectivity index (χ4n) is 2.46. The van der Waals surface area contributed by atoms with Crippen LogP contribution in [0.4, 0.5) is 10.5 Å². The third-order valence-corrected chi connectivity index (χ3v) is 4.27. The van der Waals surface area contributed by atoms with Gasteiger partial charge in [-0.2, -0.15) is 11.8 Å².